The molecule has 0 aliphatic carbocycles. The maximum atomic E-state index is 12.4. The van der Waals surface area contributed by atoms with Crippen molar-refractivity contribution in [1.29, 1.82) is 0 Å². The van der Waals surface area contributed by atoms with Crippen LogP contribution in [0.15, 0.2) is 35.7 Å². The summed E-state index contributed by atoms with van der Waals surface area (Å²) in [6.45, 7) is 2.46. The number of nitrogens with zero attached hydrogens (tertiary/aromatic N) is 3. The summed E-state index contributed by atoms with van der Waals surface area (Å²) in [5, 5.41) is 6.46. The molecular formula is C14H14N4O3S. The van der Waals surface area contributed by atoms with Gasteiger partial charge in [-0.3, -0.25) is 14.7 Å². The van der Waals surface area contributed by atoms with Gasteiger partial charge in [0, 0.05) is 6.42 Å². The van der Waals surface area contributed by atoms with Gasteiger partial charge in [-0.2, -0.15) is 5.10 Å². The monoisotopic (exact) mass is 318 g/mol. The van der Waals surface area contributed by atoms with Crippen LogP contribution >= 0.6 is 11.8 Å². The largest absolute Gasteiger partial charge is 0.494 e. The number of hydrogen-bond donors (Lipinski definition) is 1. The van der Waals surface area contributed by atoms with Crippen LogP contribution in [0.1, 0.15) is 13.3 Å². The minimum atomic E-state index is -0.480. The molecule has 0 bridgehead atoms. The van der Waals surface area contributed by atoms with E-state index in [9.17, 15) is 9.59 Å². The van der Waals surface area contributed by atoms with Crippen LogP contribution in [-0.4, -0.2) is 38.9 Å². The zero-order valence-electron chi connectivity index (χ0n) is 11.9. The summed E-state index contributed by atoms with van der Waals surface area (Å²) < 4.78 is 5.36. The first kappa shape index (κ1) is 14.6. The van der Waals surface area contributed by atoms with Crippen molar-refractivity contribution in [3.05, 3.63) is 30.6 Å². The fourth-order valence-corrected chi connectivity index (χ4v) is 3.13. The highest BCUT2D eigenvalue weighted by atomic mass is 32.2. The molecule has 8 heteroatoms. The van der Waals surface area contributed by atoms with Gasteiger partial charge in [-0.05, 0) is 31.2 Å². The second-order valence-electron chi connectivity index (χ2n) is 4.60. The van der Waals surface area contributed by atoms with Crippen molar-refractivity contribution in [3.8, 4) is 5.75 Å². The van der Waals surface area contributed by atoms with Gasteiger partial charge in [0.05, 0.1) is 12.3 Å². The van der Waals surface area contributed by atoms with E-state index in [0.717, 1.165) is 0 Å². The Kier molecular flexibility index (Phi) is 4.10. The Morgan fingerprint density at radius 3 is 2.77 bits per heavy atom. The molecular weight excluding hydrogens is 304 g/mol. The first-order chi connectivity index (χ1) is 10.7. The smallest absolute Gasteiger partial charge is 0.247 e. The fourth-order valence-electron chi connectivity index (χ4n) is 2.21. The maximum Gasteiger partial charge on any atom is 0.247 e. The number of benzene rings is 1. The van der Waals surface area contributed by atoms with Gasteiger partial charge in [0.1, 0.15) is 17.3 Å². The number of thioether (sulfide) groups is 1. The molecule has 1 aliphatic heterocycles. The Hall–Kier alpha value is -2.35. The van der Waals surface area contributed by atoms with Crippen LogP contribution in [0.2, 0.25) is 0 Å². The van der Waals surface area contributed by atoms with Crippen molar-refractivity contribution >= 4 is 29.3 Å². The Bertz CT molecular complexity index is 672. The third kappa shape index (κ3) is 2.82. The highest BCUT2D eigenvalue weighted by Gasteiger charge is 2.40. The molecule has 2 aromatic rings. The number of anilines is 1. The van der Waals surface area contributed by atoms with Crippen LogP contribution in [-0.2, 0) is 9.59 Å². The third-order valence-corrected chi connectivity index (χ3v) is 4.23. The molecule has 0 unspecified atom stereocenters. The zero-order valence-corrected chi connectivity index (χ0v) is 12.7. The second kappa shape index (κ2) is 6.18. The number of aromatic amines is 1. The molecule has 1 aliphatic rings. The number of ether oxygens (including phenoxy) is 1. The third-order valence-electron chi connectivity index (χ3n) is 3.16. The van der Waals surface area contributed by atoms with Crippen LogP contribution in [0.5, 0.6) is 5.75 Å². The molecule has 7 nitrogen and oxygen atoms in total. The van der Waals surface area contributed by atoms with Crippen LogP contribution < -0.4 is 9.64 Å². The predicted molar refractivity (Wildman–Crippen MR) is 80.7 cm³/mol. The first-order valence-electron chi connectivity index (χ1n) is 6.80. The minimum absolute atomic E-state index is 0.150. The van der Waals surface area contributed by atoms with Crippen molar-refractivity contribution < 1.29 is 14.3 Å². The average molecular weight is 318 g/mol. The van der Waals surface area contributed by atoms with E-state index in [1.165, 1.54) is 23.0 Å². The van der Waals surface area contributed by atoms with Crippen LogP contribution in [0.3, 0.4) is 0 Å². The van der Waals surface area contributed by atoms with Crippen LogP contribution in [0.25, 0.3) is 0 Å². The van der Waals surface area contributed by atoms with Crippen molar-refractivity contribution in [2.45, 2.75) is 23.8 Å². The molecule has 0 saturated carbocycles. The number of imide groups is 1. The highest BCUT2D eigenvalue weighted by molar-refractivity contribution is 8.00. The normalized spacial score (nSPS) is 18.0. The number of hydrogen-bond acceptors (Lipinski definition) is 6. The van der Waals surface area contributed by atoms with Crippen molar-refractivity contribution in [1.82, 2.24) is 15.2 Å². The number of carbonyl (C=O) groups excluding carboxylic acids is 2. The summed E-state index contributed by atoms with van der Waals surface area (Å²) in [7, 11) is 0. The van der Waals surface area contributed by atoms with Gasteiger partial charge < -0.3 is 4.74 Å². The van der Waals surface area contributed by atoms with Gasteiger partial charge in [-0.1, -0.05) is 11.8 Å². The van der Waals surface area contributed by atoms with E-state index in [2.05, 4.69) is 15.2 Å². The van der Waals surface area contributed by atoms with E-state index in [0.29, 0.717) is 23.2 Å². The molecule has 3 rings (SSSR count). The van der Waals surface area contributed by atoms with Crippen molar-refractivity contribution in [2.24, 2.45) is 0 Å². The summed E-state index contributed by atoms with van der Waals surface area (Å²) in [6.07, 6.45) is 1.52. The summed E-state index contributed by atoms with van der Waals surface area (Å²) in [5.41, 5.74) is 0.555. The standard InChI is InChI=1S/C14H14N4O3S/c1-2-21-10-5-3-9(4-6-10)18-12(19)7-11(13(18)20)22-14-15-8-16-17-14/h3-6,8,11H,2,7H2,1H3,(H,15,16,17)/t11-/m1/s1. The van der Waals surface area contributed by atoms with E-state index in [1.807, 2.05) is 6.92 Å². The molecule has 1 atom stereocenters. The highest BCUT2D eigenvalue weighted by Crippen LogP contribution is 2.32. The van der Waals surface area contributed by atoms with E-state index < -0.39 is 5.25 Å². The summed E-state index contributed by atoms with van der Waals surface area (Å²) in [6, 6.07) is 6.91. The van der Waals surface area contributed by atoms with Crippen molar-refractivity contribution in [2.75, 3.05) is 11.5 Å². The van der Waals surface area contributed by atoms with Gasteiger partial charge in [0.2, 0.25) is 11.8 Å². The number of rotatable bonds is 5. The second-order valence-corrected chi connectivity index (χ2v) is 5.79. The molecule has 2 heterocycles. The molecule has 1 fully saturated rings. The molecule has 2 amide bonds. The fraction of sp³-hybridized carbons (Fsp3) is 0.286. The Morgan fingerprint density at radius 1 is 1.36 bits per heavy atom. The van der Waals surface area contributed by atoms with E-state index >= 15 is 0 Å². The minimum Gasteiger partial charge on any atom is -0.494 e. The molecule has 1 aromatic heterocycles. The summed E-state index contributed by atoms with van der Waals surface area (Å²) in [4.78, 5) is 29.8. The zero-order chi connectivity index (χ0) is 15.5. The quantitative estimate of drug-likeness (QED) is 0.843. The Balaban J connectivity index is 1.76. The van der Waals surface area contributed by atoms with E-state index in [4.69, 9.17) is 4.74 Å². The Labute approximate surface area is 131 Å². The number of amides is 2. The lowest BCUT2D eigenvalue weighted by atomic mass is 10.3. The van der Waals surface area contributed by atoms with Crippen LogP contribution in [0.4, 0.5) is 5.69 Å². The molecule has 0 spiro atoms. The molecule has 114 valence electrons. The number of H-pyrrole nitrogens is 1. The molecule has 1 aromatic carbocycles. The first-order valence-corrected chi connectivity index (χ1v) is 7.68. The molecule has 0 radical (unpaired) electrons. The lowest BCUT2D eigenvalue weighted by Gasteiger charge is -2.15. The molecule has 22 heavy (non-hydrogen) atoms. The van der Waals surface area contributed by atoms with E-state index in [1.54, 1.807) is 24.3 Å². The topological polar surface area (TPSA) is 88.2 Å². The van der Waals surface area contributed by atoms with Crippen LogP contribution in [0, 0.1) is 0 Å². The average Bonchev–Trinajstić information content (AvgIpc) is 3.10. The van der Waals surface area contributed by atoms with Crippen molar-refractivity contribution in [3.63, 3.8) is 0 Å². The number of carbonyl (C=O) groups is 2. The lowest BCUT2D eigenvalue weighted by Crippen LogP contribution is -2.31. The molecule has 1 N–H and O–H groups in total. The summed E-state index contributed by atoms with van der Waals surface area (Å²) >= 11 is 1.21. The Morgan fingerprint density at radius 2 is 2.14 bits per heavy atom. The predicted octanol–water partition coefficient (Wildman–Crippen LogP) is 1.63. The van der Waals surface area contributed by atoms with Gasteiger partial charge >= 0.3 is 0 Å². The SMILES string of the molecule is CCOc1ccc(N2C(=O)C[C@@H](Sc3ncn[nH]3)C2=O)cc1. The maximum absolute atomic E-state index is 12.4. The van der Waals surface area contributed by atoms with Gasteiger partial charge in [-0.15, -0.1) is 0 Å². The van der Waals surface area contributed by atoms with Gasteiger partial charge in [0.25, 0.3) is 0 Å². The van der Waals surface area contributed by atoms with E-state index in [-0.39, 0.29) is 18.2 Å². The van der Waals surface area contributed by atoms with Gasteiger partial charge in [0.15, 0.2) is 5.16 Å². The molecule has 1 saturated heterocycles. The number of nitrogens with one attached hydrogen (secondary N) is 1. The summed E-state index contributed by atoms with van der Waals surface area (Å²) in [5.74, 6) is 0.250. The lowest BCUT2D eigenvalue weighted by molar-refractivity contribution is -0.121. The van der Waals surface area contributed by atoms with Gasteiger partial charge in [-0.25, -0.2) is 9.88 Å². The number of aromatic nitrogens is 3.